The quantitative estimate of drug-likeness (QED) is 0.127. The minimum Gasteiger partial charge on any atom is -0.206 e. The van der Waals surface area contributed by atoms with Crippen molar-refractivity contribution in [2.45, 2.75) is 25.2 Å². The summed E-state index contributed by atoms with van der Waals surface area (Å²) in [5, 5.41) is 81.5. The van der Waals surface area contributed by atoms with Gasteiger partial charge >= 0.3 is 12.4 Å². The molecule has 0 N–H and O–H groups in total. The molecule has 8 nitrogen and oxygen atoms in total. The number of nitriles is 8. The van der Waals surface area contributed by atoms with E-state index in [1.807, 2.05) is 0 Å². The average Bonchev–Trinajstić information content (AvgIpc) is 3.58. The monoisotopic (exact) mass is 862 g/mol. The van der Waals surface area contributed by atoms with E-state index in [9.17, 15) is 68.4 Å². The van der Waals surface area contributed by atoms with Crippen molar-refractivity contribution >= 4 is 16.7 Å². The number of hydrogen-bond donors (Lipinski definition) is 0. The normalized spacial score (nSPS) is 20.4. The maximum absolute atomic E-state index is 17.5. The highest BCUT2D eigenvalue weighted by atomic mass is 19.4. The highest BCUT2D eigenvalue weighted by Gasteiger charge is 2.47. The summed E-state index contributed by atoms with van der Waals surface area (Å²) in [6.45, 7) is 6.93. The van der Waals surface area contributed by atoms with Gasteiger partial charge in [-0.1, -0.05) is 30.9 Å². The first-order valence-electron chi connectivity index (χ1n) is 18.1. The molecule has 3 aromatic rings. The Morgan fingerprint density at radius 3 is 1.50 bits per heavy atom. The van der Waals surface area contributed by atoms with Crippen molar-refractivity contribution < 1.29 is 35.1 Å². The predicted molar refractivity (Wildman–Crippen MR) is 212 cm³/mol. The van der Waals surface area contributed by atoms with Gasteiger partial charge in [0, 0.05) is 28.6 Å². The molecule has 0 radical (unpaired) electrons. The Bertz CT molecular complexity index is 3050. The fourth-order valence-corrected chi connectivity index (χ4v) is 7.22. The van der Waals surface area contributed by atoms with Gasteiger partial charge in [0.05, 0.1) is 80.5 Å². The second-order valence-electron chi connectivity index (χ2n) is 14.0. The molecule has 0 heterocycles. The summed E-state index contributed by atoms with van der Waals surface area (Å²) in [5.74, 6) is -6.72. The largest absolute Gasteiger partial charge is 0.416 e. The van der Waals surface area contributed by atoms with Gasteiger partial charge < -0.3 is 0 Å². The van der Waals surface area contributed by atoms with Crippen LogP contribution in [0.2, 0.25) is 0 Å². The topological polar surface area (TPSA) is 190 Å². The highest BCUT2D eigenvalue weighted by molar-refractivity contribution is 5.92. The first kappa shape index (κ1) is 46.0. The van der Waals surface area contributed by atoms with Crippen LogP contribution in [0.25, 0.3) is 16.7 Å². The first-order valence-corrected chi connectivity index (χ1v) is 18.1. The third kappa shape index (κ3) is 9.00. The number of fused-ring (bicyclic) bond motifs is 1. The molecule has 2 aliphatic rings. The number of benzene rings is 3. The fraction of sp³-hybridized carbons (Fsp3) is 0.125. The third-order valence-electron chi connectivity index (χ3n) is 10.2. The lowest BCUT2D eigenvalue weighted by Gasteiger charge is -2.29. The maximum atomic E-state index is 17.5. The zero-order valence-corrected chi connectivity index (χ0v) is 32.5. The second kappa shape index (κ2) is 18.3. The van der Waals surface area contributed by atoms with Gasteiger partial charge in [-0.05, 0) is 101 Å². The molecule has 0 bridgehead atoms. The molecule has 310 valence electrons. The van der Waals surface area contributed by atoms with Crippen molar-refractivity contribution in [3.63, 3.8) is 0 Å². The van der Waals surface area contributed by atoms with E-state index in [-0.39, 0.29) is 44.5 Å². The van der Waals surface area contributed by atoms with Crippen molar-refractivity contribution in [2.24, 2.45) is 11.8 Å². The number of halogens is 8. The van der Waals surface area contributed by atoms with Gasteiger partial charge in [0.15, 0.2) is 0 Å². The van der Waals surface area contributed by atoms with E-state index in [1.165, 1.54) is 0 Å². The van der Waals surface area contributed by atoms with Crippen LogP contribution < -0.4 is 0 Å². The molecule has 0 saturated carbocycles. The average molecular weight is 863 g/mol. The van der Waals surface area contributed by atoms with Crippen LogP contribution in [-0.2, 0) is 6.18 Å². The molecule has 5 rings (SSSR count). The summed E-state index contributed by atoms with van der Waals surface area (Å²) in [6.07, 6.45) is -9.74. The maximum Gasteiger partial charge on any atom is 0.416 e. The molecule has 2 atom stereocenters. The lowest BCUT2D eigenvalue weighted by Crippen LogP contribution is -2.20. The summed E-state index contributed by atoms with van der Waals surface area (Å²) < 4.78 is 118. The number of nitrogens with zero attached hydrogens (tertiary/aromatic N) is 8. The zero-order chi connectivity index (χ0) is 47.3. The molecule has 0 amide bonds. The minimum absolute atomic E-state index is 0.187. The molecular weight excluding hydrogens is 841 g/mol. The smallest absolute Gasteiger partial charge is 0.206 e. The van der Waals surface area contributed by atoms with E-state index in [0.29, 0.717) is 12.1 Å². The van der Waals surface area contributed by atoms with Crippen LogP contribution in [0.1, 0.15) is 57.3 Å². The lowest BCUT2D eigenvalue weighted by atomic mass is 9.72. The summed E-state index contributed by atoms with van der Waals surface area (Å²) in [4.78, 5) is 0. The molecule has 0 fully saturated rings. The van der Waals surface area contributed by atoms with E-state index >= 15 is 8.78 Å². The molecule has 0 aromatic heterocycles. The van der Waals surface area contributed by atoms with Crippen molar-refractivity contribution in [3.8, 4) is 48.6 Å². The Hall–Kier alpha value is -9.06. The zero-order valence-electron chi connectivity index (χ0n) is 32.5. The Morgan fingerprint density at radius 2 is 1.08 bits per heavy atom. The second-order valence-corrected chi connectivity index (χ2v) is 14.0. The van der Waals surface area contributed by atoms with E-state index in [0.717, 1.165) is 60.7 Å². The van der Waals surface area contributed by atoms with Gasteiger partial charge in [0.2, 0.25) is 0 Å². The SMILES string of the molecule is C=C(CCC(=C)C(F)(F)F)\C1=C/C(C#N)=C(F)\C(=C(\C#N)c2cc(C#N)cc(C#N)c2)\C=C(/c2ccc(C(F)(F)F)cc2)C2C(C#N)=C(F)/C(=C(/C#N)c3cc(C#N)cc(C#N)c3)C12. The molecule has 16 heteroatoms. The van der Waals surface area contributed by atoms with Gasteiger partial charge in [-0.2, -0.15) is 68.4 Å². The Morgan fingerprint density at radius 1 is 0.578 bits per heavy atom. The number of rotatable bonds is 7. The summed E-state index contributed by atoms with van der Waals surface area (Å²) >= 11 is 0. The van der Waals surface area contributed by atoms with Crippen LogP contribution in [0.4, 0.5) is 35.1 Å². The van der Waals surface area contributed by atoms with Gasteiger partial charge in [-0.15, -0.1) is 0 Å². The van der Waals surface area contributed by atoms with Crippen molar-refractivity contribution in [2.75, 3.05) is 0 Å². The van der Waals surface area contributed by atoms with Crippen LogP contribution in [0.5, 0.6) is 0 Å². The molecule has 0 aliphatic heterocycles. The lowest BCUT2D eigenvalue weighted by molar-refractivity contribution is -0.137. The van der Waals surface area contributed by atoms with Crippen molar-refractivity contribution in [3.05, 3.63) is 181 Å². The molecule has 0 spiro atoms. The molecule has 64 heavy (non-hydrogen) atoms. The molecule has 0 saturated heterocycles. The van der Waals surface area contributed by atoms with Gasteiger partial charge in [-0.25, -0.2) is 8.78 Å². The molecular formula is C48H22F8N8. The van der Waals surface area contributed by atoms with E-state index in [4.69, 9.17) is 0 Å². The third-order valence-corrected chi connectivity index (χ3v) is 10.2. The predicted octanol–water partition coefficient (Wildman–Crippen LogP) is 11.7. The van der Waals surface area contributed by atoms with Crippen molar-refractivity contribution in [1.29, 1.82) is 42.1 Å². The van der Waals surface area contributed by atoms with E-state index in [2.05, 4.69) is 13.2 Å². The molecule has 2 aliphatic carbocycles. The van der Waals surface area contributed by atoms with Gasteiger partial charge in [0.25, 0.3) is 0 Å². The number of allylic oxidation sites excluding steroid dienone is 14. The van der Waals surface area contributed by atoms with Crippen LogP contribution in [0.15, 0.2) is 137 Å². The Balaban J connectivity index is 2.08. The first-order chi connectivity index (χ1) is 30.3. The summed E-state index contributed by atoms with van der Waals surface area (Å²) in [6, 6.07) is 23.6. The Kier molecular flexibility index (Phi) is 13.1. The van der Waals surface area contributed by atoms with Crippen molar-refractivity contribution in [1.82, 2.24) is 0 Å². The van der Waals surface area contributed by atoms with Crippen LogP contribution in [0, 0.1) is 102 Å². The van der Waals surface area contributed by atoms with E-state index in [1.54, 1.807) is 48.6 Å². The van der Waals surface area contributed by atoms with Gasteiger partial charge in [0.1, 0.15) is 29.9 Å². The van der Waals surface area contributed by atoms with Crippen LogP contribution >= 0.6 is 0 Å². The highest BCUT2D eigenvalue weighted by Crippen LogP contribution is 2.56. The molecule has 3 aromatic carbocycles. The van der Waals surface area contributed by atoms with E-state index < -0.39 is 104 Å². The fourth-order valence-electron chi connectivity index (χ4n) is 7.22. The number of hydrogen-bond acceptors (Lipinski definition) is 8. The summed E-state index contributed by atoms with van der Waals surface area (Å²) in [7, 11) is 0. The van der Waals surface area contributed by atoms with Crippen LogP contribution in [0.3, 0.4) is 0 Å². The standard InChI is InChI=1S/C48H22F8N8/c1-25(3-4-26(2)47(51,52)53)36-15-34(21-61)45(49)38(39(22-62)32-11-27(17-57)9-28(12-32)18-58)16-37(31-5-7-35(8-6-31)48(54,55)56)42-41(24-64)46(50)44(43(36)42)40(23-63)33-13-29(19-59)10-30(14-33)20-60/h5-16,42-43H,1-4H2/b36-15+,37-16+,39-38-,44-40-,45-34-. The van der Waals surface area contributed by atoms with Gasteiger partial charge in [-0.3, -0.25) is 0 Å². The van der Waals surface area contributed by atoms with Crippen LogP contribution in [-0.4, -0.2) is 6.18 Å². The molecule has 2 unspecified atom stereocenters. The minimum atomic E-state index is -4.92. The number of alkyl halides is 6. The summed E-state index contributed by atoms with van der Waals surface area (Å²) in [5.41, 5.74) is -9.92. The Labute approximate surface area is 359 Å².